The molecule has 0 radical (unpaired) electrons. The summed E-state index contributed by atoms with van der Waals surface area (Å²) < 4.78 is 67.1. The number of aromatic nitrogens is 4. The van der Waals surface area contributed by atoms with Crippen LogP contribution in [-0.2, 0) is 31.6 Å². The smallest absolute Gasteiger partial charge is 0.369 e. The zero-order valence-corrected chi connectivity index (χ0v) is 18.5. The molecule has 0 amide bonds. The summed E-state index contributed by atoms with van der Waals surface area (Å²) >= 11 is 0. The number of aromatic amines is 1. The lowest BCUT2D eigenvalue weighted by atomic mass is 10.0. The monoisotopic (exact) mass is 523 g/mol. The maximum atomic E-state index is 15.2. The molecule has 17 nitrogen and oxygen atoms in total. The van der Waals surface area contributed by atoms with E-state index in [1.165, 1.54) is 0 Å². The number of phosphoric acid groups is 3. The lowest BCUT2D eigenvalue weighted by Gasteiger charge is -2.22. The van der Waals surface area contributed by atoms with Crippen LogP contribution < -0.4 is 11.3 Å². The van der Waals surface area contributed by atoms with E-state index in [-0.39, 0.29) is 17.1 Å². The van der Waals surface area contributed by atoms with Crippen molar-refractivity contribution in [2.24, 2.45) is 0 Å². The molecule has 2 aromatic rings. The Balaban J connectivity index is 1.72. The van der Waals surface area contributed by atoms with E-state index in [1.807, 2.05) is 0 Å². The third kappa shape index (κ3) is 5.87. The Morgan fingerprint density at radius 1 is 1.31 bits per heavy atom. The topological polar surface area (TPSA) is 259 Å². The molecular weight excluding hydrogens is 506 g/mol. The van der Waals surface area contributed by atoms with Crippen molar-refractivity contribution < 1.29 is 55.5 Å². The molecule has 1 aliphatic heterocycles. The number of phosphoric ester groups is 1. The third-order valence-electron chi connectivity index (χ3n) is 4.01. The van der Waals surface area contributed by atoms with E-state index in [2.05, 4.69) is 28.1 Å². The number of hydrogen-bond acceptors (Lipinski definition) is 11. The standard InChI is InChI=1S/C11H17FN5O12P3/c1-11(12)2-5(3-26-31(22,23)29-32(24,25)28-30(19,20)21)27-9(11)17-4-14-6-7(17)15-10(13)16-8(6)18/h4-5,9H,2-3H2,1H3,(H,22,23)(H,24,25)(H2,19,20,21)(H3,13,15,16,18)/t5-,9+,11+/m0/s1. The number of nitrogens with zero attached hydrogens (tertiary/aromatic N) is 3. The molecule has 180 valence electrons. The number of hydrogen-bond donors (Lipinski definition) is 6. The summed E-state index contributed by atoms with van der Waals surface area (Å²) in [7, 11) is -16.6. The molecule has 2 aromatic heterocycles. The van der Waals surface area contributed by atoms with Crippen LogP contribution in [0.4, 0.5) is 10.3 Å². The van der Waals surface area contributed by atoms with E-state index in [1.54, 1.807) is 0 Å². The number of rotatable bonds is 8. The van der Waals surface area contributed by atoms with Gasteiger partial charge in [-0.15, -0.1) is 0 Å². The van der Waals surface area contributed by atoms with Crippen LogP contribution in [0.2, 0.25) is 0 Å². The van der Waals surface area contributed by atoms with Crippen LogP contribution >= 0.6 is 23.5 Å². The Kier molecular flexibility index (Phi) is 6.54. The van der Waals surface area contributed by atoms with Crippen LogP contribution in [0.3, 0.4) is 0 Å². The Morgan fingerprint density at radius 3 is 2.59 bits per heavy atom. The fourth-order valence-electron chi connectivity index (χ4n) is 2.97. The number of halogens is 1. The largest absolute Gasteiger partial charge is 0.490 e. The molecule has 1 fully saturated rings. The summed E-state index contributed by atoms with van der Waals surface area (Å²) in [6.07, 6.45) is -1.96. The molecule has 32 heavy (non-hydrogen) atoms. The highest BCUT2D eigenvalue weighted by Gasteiger charge is 2.49. The summed E-state index contributed by atoms with van der Waals surface area (Å²) in [6, 6.07) is 0. The molecule has 2 unspecified atom stereocenters. The van der Waals surface area contributed by atoms with E-state index < -0.39 is 60.1 Å². The number of nitrogens with two attached hydrogens (primary N) is 1. The van der Waals surface area contributed by atoms with Gasteiger partial charge in [-0.25, -0.2) is 23.1 Å². The second kappa shape index (κ2) is 8.34. The SMILES string of the molecule is C[C@@]1(F)C[C@@H](COP(=O)(O)OP(=O)(O)OP(=O)(O)O)O[C@H]1n1cnc2c(=O)[nH]c(N)nc21. The molecule has 21 heteroatoms. The Bertz CT molecular complexity index is 1220. The first-order valence-corrected chi connectivity index (χ1v) is 12.9. The third-order valence-corrected chi connectivity index (χ3v) is 7.81. The van der Waals surface area contributed by atoms with Gasteiger partial charge in [0.05, 0.1) is 19.0 Å². The number of anilines is 1. The minimum atomic E-state index is -5.69. The van der Waals surface area contributed by atoms with Crippen molar-refractivity contribution in [1.82, 2.24) is 19.5 Å². The number of imidazole rings is 1. The number of nitrogen functional groups attached to an aromatic ring is 1. The molecule has 0 saturated carbocycles. The Morgan fingerprint density at radius 2 is 1.97 bits per heavy atom. The predicted octanol–water partition coefficient (Wildman–Crippen LogP) is 0.0608. The summed E-state index contributed by atoms with van der Waals surface area (Å²) in [5.41, 5.74) is 2.46. The van der Waals surface area contributed by atoms with Gasteiger partial charge < -0.3 is 30.0 Å². The highest BCUT2D eigenvalue weighted by atomic mass is 31.3. The van der Waals surface area contributed by atoms with Crippen molar-refractivity contribution >= 4 is 40.6 Å². The van der Waals surface area contributed by atoms with Gasteiger partial charge in [0.2, 0.25) is 5.95 Å². The summed E-state index contributed by atoms with van der Waals surface area (Å²) in [4.78, 5) is 57.5. The number of fused-ring (bicyclic) bond motifs is 1. The average Bonchev–Trinajstić information content (AvgIpc) is 3.09. The molecule has 0 bridgehead atoms. The Labute approximate surface area is 176 Å². The quantitative estimate of drug-likeness (QED) is 0.250. The van der Waals surface area contributed by atoms with Crippen molar-refractivity contribution in [1.29, 1.82) is 0 Å². The molecule has 1 saturated heterocycles. The highest BCUT2D eigenvalue weighted by Crippen LogP contribution is 2.66. The second-order valence-electron chi connectivity index (χ2n) is 6.75. The number of nitrogens with one attached hydrogen (secondary N) is 1. The van der Waals surface area contributed by atoms with Crippen molar-refractivity contribution in [3.63, 3.8) is 0 Å². The number of alkyl halides is 1. The first-order chi connectivity index (χ1) is 14.5. The van der Waals surface area contributed by atoms with Crippen molar-refractivity contribution in [2.75, 3.05) is 12.3 Å². The van der Waals surface area contributed by atoms with Crippen LogP contribution in [0.5, 0.6) is 0 Å². The lowest BCUT2D eigenvalue weighted by Crippen LogP contribution is -2.27. The average molecular weight is 523 g/mol. The van der Waals surface area contributed by atoms with Crippen LogP contribution in [0.15, 0.2) is 11.1 Å². The highest BCUT2D eigenvalue weighted by molar-refractivity contribution is 7.66. The van der Waals surface area contributed by atoms with Crippen molar-refractivity contribution in [3.8, 4) is 0 Å². The van der Waals surface area contributed by atoms with E-state index >= 15 is 4.39 Å². The van der Waals surface area contributed by atoms with Gasteiger partial charge >= 0.3 is 23.5 Å². The van der Waals surface area contributed by atoms with Crippen LogP contribution in [0.25, 0.3) is 11.2 Å². The fraction of sp³-hybridized carbons (Fsp3) is 0.545. The maximum absolute atomic E-state index is 15.2. The van der Waals surface area contributed by atoms with Gasteiger partial charge in [0.15, 0.2) is 23.1 Å². The molecule has 0 aromatic carbocycles. The van der Waals surface area contributed by atoms with Crippen LogP contribution in [0, 0.1) is 0 Å². The van der Waals surface area contributed by atoms with Gasteiger partial charge in [-0.1, -0.05) is 0 Å². The predicted molar refractivity (Wildman–Crippen MR) is 100 cm³/mol. The number of H-pyrrole nitrogens is 1. The summed E-state index contributed by atoms with van der Waals surface area (Å²) in [6.45, 7) is 0.285. The Hall–Kier alpha value is -1.55. The number of ether oxygens (including phenoxy) is 1. The zero-order chi connectivity index (χ0) is 24.1. The van der Waals surface area contributed by atoms with E-state index in [0.717, 1.165) is 17.8 Å². The van der Waals surface area contributed by atoms with E-state index in [0.29, 0.717) is 0 Å². The molecule has 1 aliphatic rings. The normalized spacial score (nSPS) is 27.9. The fourth-order valence-corrected chi connectivity index (χ4v) is 6.02. The van der Waals surface area contributed by atoms with Gasteiger partial charge in [-0.3, -0.25) is 18.9 Å². The minimum Gasteiger partial charge on any atom is -0.369 e. The summed E-state index contributed by atoms with van der Waals surface area (Å²) in [5.74, 6) is -0.257. The first kappa shape index (κ1) is 25.1. The van der Waals surface area contributed by atoms with Crippen molar-refractivity contribution in [2.45, 2.75) is 31.3 Å². The molecule has 3 rings (SSSR count). The molecule has 3 heterocycles. The second-order valence-corrected chi connectivity index (χ2v) is 11.2. The minimum absolute atomic E-state index is 0.0892. The summed E-state index contributed by atoms with van der Waals surface area (Å²) in [5, 5.41) is 0. The maximum Gasteiger partial charge on any atom is 0.490 e. The van der Waals surface area contributed by atoms with Gasteiger partial charge in [0, 0.05) is 6.42 Å². The zero-order valence-electron chi connectivity index (χ0n) is 15.8. The van der Waals surface area contributed by atoms with Gasteiger partial charge in [-0.2, -0.15) is 13.6 Å². The van der Waals surface area contributed by atoms with Gasteiger partial charge in [0.25, 0.3) is 5.56 Å². The van der Waals surface area contributed by atoms with Crippen LogP contribution in [0.1, 0.15) is 19.6 Å². The molecule has 5 atom stereocenters. The molecule has 0 spiro atoms. The first-order valence-electron chi connectivity index (χ1n) is 8.33. The van der Waals surface area contributed by atoms with Gasteiger partial charge in [0.1, 0.15) is 0 Å². The van der Waals surface area contributed by atoms with E-state index in [9.17, 15) is 23.4 Å². The lowest BCUT2D eigenvalue weighted by molar-refractivity contribution is -0.0559. The van der Waals surface area contributed by atoms with E-state index in [4.69, 9.17) is 25.2 Å². The van der Waals surface area contributed by atoms with Crippen molar-refractivity contribution in [3.05, 3.63) is 16.7 Å². The molecule has 7 N–H and O–H groups in total. The molecule has 0 aliphatic carbocycles. The van der Waals surface area contributed by atoms with Crippen LogP contribution in [-0.4, -0.2) is 57.5 Å². The molecular formula is C11H17FN5O12P3. The van der Waals surface area contributed by atoms with Gasteiger partial charge in [-0.05, 0) is 6.92 Å².